The second-order valence-corrected chi connectivity index (χ2v) is 5.08. The second-order valence-electron chi connectivity index (χ2n) is 5.08. The van der Waals surface area contributed by atoms with Gasteiger partial charge in [0.25, 0.3) is 0 Å². The summed E-state index contributed by atoms with van der Waals surface area (Å²) in [5, 5.41) is 12.7. The number of aliphatic hydroxyl groups is 1. The molecular formula is C18H23NO2. The number of nitrogens with one attached hydrogen (secondary N) is 1. The van der Waals surface area contributed by atoms with Crippen molar-refractivity contribution in [1.29, 1.82) is 0 Å². The molecule has 1 atom stereocenters. The van der Waals surface area contributed by atoms with Crippen LogP contribution < -0.4 is 10.1 Å². The Bertz CT molecular complexity index is 551. The summed E-state index contributed by atoms with van der Waals surface area (Å²) in [4.78, 5) is 0. The highest BCUT2D eigenvalue weighted by atomic mass is 16.5. The molecule has 21 heavy (non-hydrogen) atoms. The van der Waals surface area contributed by atoms with Gasteiger partial charge in [-0.1, -0.05) is 36.4 Å². The van der Waals surface area contributed by atoms with Crippen molar-refractivity contribution in [2.75, 3.05) is 6.61 Å². The molecule has 2 aromatic rings. The van der Waals surface area contributed by atoms with Crippen molar-refractivity contribution in [2.24, 2.45) is 0 Å². The van der Waals surface area contributed by atoms with E-state index >= 15 is 0 Å². The molecule has 0 aliphatic rings. The Morgan fingerprint density at radius 1 is 1.10 bits per heavy atom. The van der Waals surface area contributed by atoms with Crippen molar-refractivity contribution in [2.45, 2.75) is 33.0 Å². The number of hydrogen-bond acceptors (Lipinski definition) is 3. The lowest BCUT2D eigenvalue weighted by atomic mass is 10.1. The van der Waals surface area contributed by atoms with E-state index in [0.717, 1.165) is 17.9 Å². The van der Waals surface area contributed by atoms with Crippen LogP contribution in [-0.4, -0.2) is 11.7 Å². The summed E-state index contributed by atoms with van der Waals surface area (Å²) in [6.45, 7) is 5.68. The van der Waals surface area contributed by atoms with Crippen molar-refractivity contribution >= 4 is 0 Å². The summed E-state index contributed by atoms with van der Waals surface area (Å²) in [6, 6.07) is 16.4. The van der Waals surface area contributed by atoms with Crippen LogP contribution in [0.5, 0.6) is 5.75 Å². The van der Waals surface area contributed by atoms with Crippen LogP contribution in [0.15, 0.2) is 48.5 Å². The summed E-state index contributed by atoms with van der Waals surface area (Å²) < 4.78 is 5.45. The number of benzene rings is 2. The molecule has 0 spiro atoms. The van der Waals surface area contributed by atoms with E-state index in [1.165, 1.54) is 11.1 Å². The molecule has 0 heterocycles. The molecule has 0 aliphatic heterocycles. The number of hydrogen-bond donors (Lipinski definition) is 2. The van der Waals surface area contributed by atoms with Crippen LogP contribution in [0.4, 0.5) is 0 Å². The molecule has 1 unspecified atom stereocenters. The van der Waals surface area contributed by atoms with Crippen molar-refractivity contribution in [3.8, 4) is 5.75 Å². The average molecular weight is 285 g/mol. The molecule has 0 aliphatic carbocycles. The van der Waals surface area contributed by atoms with Gasteiger partial charge in [-0.3, -0.25) is 0 Å². The fraction of sp³-hybridized carbons (Fsp3) is 0.333. The second kappa shape index (κ2) is 7.81. The number of rotatable bonds is 7. The lowest BCUT2D eigenvalue weighted by Gasteiger charge is -2.15. The van der Waals surface area contributed by atoms with Crippen LogP contribution >= 0.6 is 0 Å². The van der Waals surface area contributed by atoms with Crippen LogP contribution in [0.3, 0.4) is 0 Å². The van der Waals surface area contributed by atoms with Gasteiger partial charge in [0.05, 0.1) is 13.2 Å². The Kier molecular flexibility index (Phi) is 5.78. The normalized spacial score (nSPS) is 12.1. The number of ether oxygens (including phenoxy) is 1. The fourth-order valence-corrected chi connectivity index (χ4v) is 2.25. The minimum absolute atomic E-state index is 0.0856. The van der Waals surface area contributed by atoms with E-state index in [-0.39, 0.29) is 12.6 Å². The van der Waals surface area contributed by atoms with Crippen LogP contribution in [0.1, 0.15) is 36.6 Å². The fourth-order valence-electron chi connectivity index (χ4n) is 2.25. The summed E-state index contributed by atoms with van der Waals surface area (Å²) in [7, 11) is 0. The summed E-state index contributed by atoms with van der Waals surface area (Å²) in [5.74, 6) is 0.907. The third kappa shape index (κ3) is 4.59. The Morgan fingerprint density at radius 3 is 2.48 bits per heavy atom. The Morgan fingerprint density at radius 2 is 1.81 bits per heavy atom. The van der Waals surface area contributed by atoms with Gasteiger partial charge in [-0.15, -0.1) is 0 Å². The first-order valence-corrected chi connectivity index (χ1v) is 7.37. The number of aliphatic hydroxyl groups excluding tert-OH is 1. The van der Waals surface area contributed by atoms with Crippen LogP contribution in [0.25, 0.3) is 0 Å². The van der Waals surface area contributed by atoms with Gasteiger partial charge in [-0.2, -0.15) is 0 Å². The zero-order valence-electron chi connectivity index (χ0n) is 12.7. The van der Waals surface area contributed by atoms with Crippen molar-refractivity contribution < 1.29 is 9.84 Å². The summed E-state index contributed by atoms with van der Waals surface area (Å²) >= 11 is 0. The van der Waals surface area contributed by atoms with E-state index in [1.54, 1.807) is 0 Å². The molecule has 3 nitrogen and oxygen atoms in total. The van der Waals surface area contributed by atoms with Gasteiger partial charge in [-0.05, 0) is 42.7 Å². The van der Waals surface area contributed by atoms with Gasteiger partial charge in [0.15, 0.2) is 0 Å². The first-order valence-electron chi connectivity index (χ1n) is 7.37. The Balaban J connectivity index is 1.92. The van der Waals surface area contributed by atoms with E-state index in [1.807, 2.05) is 37.3 Å². The van der Waals surface area contributed by atoms with Crippen molar-refractivity contribution in [1.82, 2.24) is 5.32 Å². The zero-order valence-corrected chi connectivity index (χ0v) is 12.7. The molecule has 3 heteroatoms. The SMILES string of the molecule is CCOc1ccc(C(C)NCc2cccc(CO)c2)cc1. The lowest BCUT2D eigenvalue weighted by molar-refractivity contribution is 0.281. The summed E-state index contributed by atoms with van der Waals surface area (Å²) in [5.41, 5.74) is 3.36. The van der Waals surface area contributed by atoms with E-state index in [0.29, 0.717) is 6.61 Å². The molecule has 2 aromatic carbocycles. The van der Waals surface area contributed by atoms with Gasteiger partial charge in [0.1, 0.15) is 5.75 Å². The average Bonchev–Trinajstić information content (AvgIpc) is 2.54. The van der Waals surface area contributed by atoms with Gasteiger partial charge >= 0.3 is 0 Å². The van der Waals surface area contributed by atoms with E-state index < -0.39 is 0 Å². The van der Waals surface area contributed by atoms with Gasteiger partial charge in [0.2, 0.25) is 0 Å². The molecule has 2 rings (SSSR count). The molecule has 0 fully saturated rings. The monoisotopic (exact) mass is 285 g/mol. The standard InChI is InChI=1S/C18H23NO2/c1-3-21-18-9-7-17(8-10-18)14(2)19-12-15-5-4-6-16(11-15)13-20/h4-11,14,19-20H,3,12-13H2,1-2H3. The van der Waals surface area contributed by atoms with Crippen molar-refractivity contribution in [3.05, 3.63) is 65.2 Å². The largest absolute Gasteiger partial charge is 0.494 e. The van der Waals surface area contributed by atoms with Gasteiger partial charge in [0, 0.05) is 12.6 Å². The molecule has 2 N–H and O–H groups in total. The minimum atomic E-state index is 0.0856. The van der Waals surface area contributed by atoms with Crippen molar-refractivity contribution in [3.63, 3.8) is 0 Å². The Labute approximate surface area is 126 Å². The molecule has 0 aromatic heterocycles. The predicted octanol–water partition coefficient (Wildman–Crippen LogP) is 3.43. The van der Waals surface area contributed by atoms with Crippen LogP contribution in [0.2, 0.25) is 0 Å². The minimum Gasteiger partial charge on any atom is -0.494 e. The molecule has 0 saturated heterocycles. The molecule has 0 saturated carbocycles. The third-order valence-electron chi connectivity index (χ3n) is 3.48. The molecule has 0 amide bonds. The lowest BCUT2D eigenvalue weighted by Crippen LogP contribution is -2.18. The van der Waals surface area contributed by atoms with E-state index in [2.05, 4.69) is 30.4 Å². The maximum absolute atomic E-state index is 9.15. The predicted molar refractivity (Wildman–Crippen MR) is 85.2 cm³/mol. The molecule has 0 radical (unpaired) electrons. The first-order chi connectivity index (χ1) is 10.2. The first kappa shape index (κ1) is 15.5. The van der Waals surface area contributed by atoms with Crippen LogP contribution in [0, 0.1) is 0 Å². The highest BCUT2D eigenvalue weighted by Gasteiger charge is 2.05. The maximum Gasteiger partial charge on any atom is 0.119 e. The smallest absolute Gasteiger partial charge is 0.119 e. The molecular weight excluding hydrogens is 262 g/mol. The molecule has 0 bridgehead atoms. The maximum atomic E-state index is 9.15. The Hall–Kier alpha value is -1.84. The quantitative estimate of drug-likeness (QED) is 0.819. The van der Waals surface area contributed by atoms with Crippen LogP contribution in [-0.2, 0) is 13.2 Å². The summed E-state index contributed by atoms with van der Waals surface area (Å²) in [6.07, 6.45) is 0. The molecule has 112 valence electrons. The highest BCUT2D eigenvalue weighted by Crippen LogP contribution is 2.18. The van der Waals surface area contributed by atoms with Gasteiger partial charge < -0.3 is 15.2 Å². The zero-order chi connectivity index (χ0) is 15.1. The third-order valence-corrected chi connectivity index (χ3v) is 3.48. The highest BCUT2D eigenvalue weighted by molar-refractivity contribution is 5.29. The topological polar surface area (TPSA) is 41.5 Å². The van der Waals surface area contributed by atoms with E-state index in [9.17, 15) is 0 Å². The van der Waals surface area contributed by atoms with E-state index in [4.69, 9.17) is 9.84 Å². The van der Waals surface area contributed by atoms with Gasteiger partial charge in [-0.25, -0.2) is 0 Å².